The fourth-order valence-electron chi connectivity index (χ4n) is 2.62. The average molecular weight is 264 g/mol. The Kier molecular flexibility index (Phi) is 4.20. The van der Waals surface area contributed by atoms with Gasteiger partial charge in [-0.2, -0.15) is 0 Å². The third-order valence-electron chi connectivity index (χ3n) is 4.00. The lowest BCUT2D eigenvalue weighted by Crippen LogP contribution is -2.42. The maximum Gasteiger partial charge on any atom is 0.254 e. The van der Waals surface area contributed by atoms with Crippen molar-refractivity contribution >= 4 is 5.91 Å². The summed E-state index contributed by atoms with van der Waals surface area (Å²) in [5, 5.41) is 0. The summed E-state index contributed by atoms with van der Waals surface area (Å²) in [5.41, 5.74) is 7.18. The quantitative estimate of drug-likeness (QED) is 0.891. The highest BCUT2D eigenvalue weighted by molar-refractivity contribution is 5.95. The summed E-state index contributed by atoms with van der Waals surface area (Å²) in [4.78, 5) is 14.2. The summed E-state index contributed by atoms with van der Waals surface area (Å²) in [6.07, 6.45) is 1.86. The van der Waals surface area contributed by atoms with E-state index in [9.17, 15) is 9.18 Å². The van der Waals surface area contributed by atoms with Crippen LogP contribution in [0.1, 0.15) is 35.7 Å². The number of rotatable bonds is 2. The molecule has 0 saturated carbocycles. The molecule has 1 unspecified atom stereocenters. The van der Waals surface area contributed by atoms with Gasteiger partial charge >= 0.3 is 0 Å². The van der Waals surface area contributed by atoms with Gasteiger partial charge in [-0.05, 0) is 50.3 Å². The minimum Gasteiger partial charge on any atom is -0.339 e. The number of carbonyl (C=O) groups is 1. The first-order valence-electron chi connectivity index (χ1n) is 6.80. The van der Waals surface area contributed by atoms with E-state index < -0.39 is 0 Å². The van der Waals surface area contributed by atoms with E-state index in [2.05, 4.69) is 0 Å². The molecule has 2 N–H and O–H groups in total. The number of hydrogen-bond acceptors (Lipinski definition) is 2. The number of nitrogens with two attached hydrogens (primary N) is 1. The molecule has 0 aromatic heterocycles. The molecule has 0 bridgehead atoms. The van der Waals surface area contributed by atoms with Gasteiger partial charge in [-0.25, -0.2) is 4.39 Å². The third kappa shape index (κ3) is 3.13. The first-order chi connectivity index (χ1) is 8.99. The number of piperidine rings is 1. The van der Waals surface area contributed by atoms with Crippen molar-refractivity contribution in [3.63, 3.8) is 0 Å². The first kappa shape index (κ1) is 14.0. The van der Waals surface area contributed by atoms with Gasteiger partial charge in [0.15, 0.2) is 0 Å². The summed E-state index contributed by atoms with van der Waals surface area (Å²) in [6.45, 7) is 5.27. The van der Waals surface area contributed by atoms with Crippen LogP contribution in [0.25, 0.3) is 0 Å². The van der Waals surface area contributed by atoms with Crippen LogP contribution in [0.2, 0.25) is 0 Å². The maximum absolute atomic E-state index is 13.3. The SMILES string of the molecule is Cc1ccc(F)cc1C(=O)N1CCC(C(C)N)CC1. The number of amides is 1. The van der Waals surface area contributed by atoms with E-state index in [1.165, 1.54) is 12.1 Å². The molecule has 0 spiro atoms. The van der Waals surface area contributed by atoms with Crippen LogP contribution < -0.4 is 5.73 Å². The molecule has 1 fully saturated rings. The number of aryl methyl sites for hydroxylation is 1. The molecule has 1 aliphatic heterocycles. The van der Waals surface area contributed by atoms with Crippen LogP contribution in [0, 0.1) is 18.7 Å². The summed E-state index contributed by atoms with van der Waals surface area (Å²) in [7, 11) is 0. The summed E-state index contributed by atoms with van der Waals surface area (Å²) in [6, 6.07) is 4.54. The lowest BCUT2D eigenvalue weighted by molar-refractivity contribution is 0.0680. The number of hydrogen-bond donors (Lipinski definition) is 1. The molecule has 1 heterocycles. The van der Waals surface area contributed by atoms with Gasteiger partial charge in [0.25, 0.3) is 5.91 Å². The molecule has 3 nitrogen and oxygen atoms in total. The monoisotopic (exact) mass is 264 g/mol. The van der Waals surface area contributed by atoms with Crippen LogP contribution in [0.3, 0.4) is 0 Å². The maximum atomic E-state index is 13.3. The molecule has 1 aliphatic rings. The summed E-state index contributed by atoms with van der Waals surface area (Å²) >= 11 is 0. The highest BCUT2D eigenvalue weighted by Gasteiger charge is 2.26. The predicted octanol–water partition coefficient (Wildman–Crippen LogP) is 2.33. The Labute approximate surface area is 113 Å². The molecular weight excluding hydrogens is 243 g/mol. The zero-order valence-electron chi connectivity index (χ0n) is 11.5. The van der Waals surface area contributed by atoms with Crippen molar-refractivity contribution in [2.75, 3.05) is 13.1 Å². The lowest BCUT2D eigenvalue weighted by atomic mass is 9.90. The molecule has 1 aromatic carbocycles. The van der Waals surface area contributed by atoms with E-state index >= 15 is 0 Å². The Morgan fingerprint density at radius 3 is 2.63 bits per heavy atom. The van der Waals surface area contributed by atoms with Crippen molar-refractivity contribution in [1.29, 1.82) is 0 Å². The molecule has 1 atom stereocenters. The van der Waals surface area contributed by atoms with Crippen LogP contribution in [0.4, 0.5) is 4.39 Å². The lowest BCUT2D eigenvalue weighted by Gasteiger charge is -2.34. The fraction of sp³-hybridized carbons (Fsp3) is 0.533. The molecule has 104 valence electrons. The Morgan fingerprint density at radius 2 is 2.05 bits per heavy atom. The van der Waals surface area contributed by atoms with E-state index in [1.54, 1.807) is 11.0 Å². The predicted molar refractivity (Wildman–Crippen MR) is 73.4 cm³/mol. The van der Waals surface area contributed by atoms with Gasteiger partial charge < -0.3 is 10.6 Å². The normalized spacial score (nSPS) is 18.4. The molecule has 1 amide bonds. The minimum atomic E-state index is -0.362. The molecule has 19 heavy (non-hydrogen) atoms. The topological polar surface area (TPSA) is 46.3 Å². The summed E-state index contributed by atoms with van der Waals surface area (Å²) < 4.78 is 13.3. The largest absolute Gasteiger partial charge is 0.339 e. The molecule has 2 rings (SSSR count). The number of benzene rings is 1. The van der Waals surface area contributed by atoms with Crippen LogP contribution in [0.15, 0.2) is 18.2 Å². The zero-order valence-corrected chi connectivity index (χ0v) is 11.5. The van der Waals surface area contributed by atoms with Gasteiger partial charge in [-0.3, -0.25) is 4.79 Å². The second-order valence-electron chi connectivity index (χ2n) is 5.45. The molecule has 0 radical (unpaired) electrons. The van der Waals surface area contributed by atoms with Gasteiger partial charge in [0.1, 0.15) is 5.82 Å². The second kappa shape index (κ2) is 5.70. The Hall–Kier alpha value is -1.42. The van der Waals surface area contributed by atoms with E-state index in [4.69, 9.17) is 5.73 Å². The second-order valence-corrected chi connectivity index (χ2v) is 5.45. The highest BCUT2D eigenvalue weighted by atomic mass is 19.1. The number of likely N-dealkylation sites (tertiary alicyclic amines) is 1. The van der Waals surface area contributed by atoms with Crippen LogP contribution in [0.5, 0.6) is 0 Å². The molecule has 4 heteroatoms. The van der Waals surface area contributed by atoms with E-state index in [0.717, 1.165) is 18.4 Å². The van der Waals surface area contributed by atoms with Crippen LogP contribution in [-0.4, -0.2) is 29.9 Å². The van der Waals surface area contributed by atoms with E-state index in [0.29, 0.717) is 24.6 Å². The Balaban J connectivity index is 2.07. The third-order valence-corrected chi connectivity index (χ3v) is 4.00. The van der Waals surface area contributed by atoms with Crippen molar-refractivity contribution in [1.82, 2.24) is 4.90 Å². The molecule has 1 saturated heterocycles. The van der Waals surface area contributed by atoms with Gasteiger partial charge in [-0.1, -0.05) is 6.07 Å². The van der Waals surface area contributed by atoms with Crippen molar-refractivity contribution in [2.45, 2.75) is 32.7 Å². The smallest absolute Gasteiger partial charge is 0.254 e. The van der Waals surface area contributed by atoms with Gasteiger partial charge in [0.05, 0.1) is 0 Å². The zero-order chi connectivity index (χ0) is 14.0. The van der Waals surface area contributed by atoms with E-state index in [1.807, 2.05) is 13.8 Å². The standard InChI is InChI=1S/C15H21FN2O/c1-10-3-4-13(16)9-14(10)15(19)18-7-5-12(6-8-18)11(2)17/h3-4,9,11-12H,5-8,17H2,1-2H3. The number of halogens is 1. The Morgan fingerprint density at radius 1 is 1.42 bits per heavy atom. The molecule has 1 aromatic rings. The number of carbonyl (C=O) groups excluding carboxylic acids is 1. The average Bonchev–Trinajstić information content (AvgIpc) is 2.41. The molecule has 0 aliphatic carbocycles. The Bertz CT molecular complexity index is 465. The van der Waals surface area contributed by atoms with Crippen molar-refractivity contribution in [2.24, 2.45) is 11.7 Å². The van der Waals surface area contributed by atoms with E-state index in [-0.39, 0.29) is 17.8 Å². The number of nitrogens with zero attached hydrogens (tertiary/aromatic N) is 1. The highest BCUT2D eigenvalue weighted by Crippen LogP contribution is 2.22. The summed E-state index contributed by atoms with van der Waals surface area (Å²) in [5.74, 6) is 0.0530. The van der Waals surface area contributed by atoms with Gasteiger partial charge in [-0.15, -0.1) is 0 Å². The van der Waals surface area contributed by atoms with Gasteiger partial charge in [0.2, 0.25) is 0 Å². The molecular formula is C15H21FN2O. The van der Waals surface area contributed by atoms with Crippen molar-refractivity contribution in [3.05, 3.63) is 35.1 Å². The van der Waals surface area contributed by atoms with Crippen molar-refractivity contribution in [3.8, 4) is 0 Å². The minimum absolute atomic E-state index is 0.0693. The first-order valence-corrected chi connectivity index (χ1v) is 6.80. The van der Waals surface area contributed by atoms with Gasteiger partial charge in [0, 0.05) is 24.7 Å². The van der Waals surface area contributed by atoms with Crippen LogP contribution >= 0.6 is 0 Å². The fourth-order valence-corrected chi connectivity index (χ4v) is 2.62. The van der Waals surface area contributed by atoms with Crippen LogP contribution in [-0.2, 0) is 0 Å². The van der Waals surface area contributed by atoms with Crippen molar-refractivity contribution < 1.29 is 9.18 Å².